The summed E-state index contributed by atoms with van der Waals surface area (Å²) in [5.41, 5.74) is 5.99. The topological polar surface area (TPSA) is 56.7 Å². The summed E-state index contributed by atoms with van der Waals surface area (Å²) >= 11 is 0. The summed E-state index contributed by atoms with van der Waals surface area (Å²) in [5.74, 6) is 2.10. The Morgan fingerprint density at radius 2 is 2.21 bits per heavy atom. The van der Waals surface area contributed by atoms with E-state index in [4.69, 9.17) is 5.73 Å². The molecule has 4 nitrogen and oxygen atoms in total. The van der Waals surface area contributed by atoms with Gasteiger partial charge < -0.3 is 10.3 Å². The monoisotopic (exact) mass is 194 g/mol. The molecule has 0 radical (unpaired) electrons. The van der Waals surface area contributed by atoms with Gasteiger partial charge in [0, 0.05) is 13.0 Å². The van der Waals surface area contributed by atoms with E-state index in [9.17, 15) is 0 Å². The van der Waals surface area contributed by atoms with Crippen LogP contribution in [-0.4, -0.2) is 14.8 Å². The molecule has 1 aliphatic heterocycles. The van der Waals surface area contributed by atoms with Crippen molar-refractivity contribution in [2.75, 3.05) is 0 Å². The van der Waals surface area contributed by atoms with Crippen molar-refractivity contribution in [3.05, 3.63) is 11.6 Å². The minimum atomic E-state index is 0.0503. The molecule has 4 heteroatoms. The second-order valence-electron chi connectivity index (χ2n) is 3.95. The maximum absolute atomic E-state index is 5.99. The van der Waals surface area contributed by atoms with Crippen LogP contribution < -0.4 is 5.73 Å². The SMILES string of the molecule is CC[C@H](N)c1nnc2n1CCCCC2. The molecule has 1 aromatic heterocycles. The first-order valence-electron chi connectivity index (χ1n) is 5.50. The van der Waals surface area contributed by atoms with E-state index >= 15 is 0 Å². The summed E-state index contributed by atoms with van der Waals surface area (Å²) in [6.45, 7) is 3.13. The fourth-order valence-corrected chi connectivity index (χ4v) is 1.96. The lowest BCUT2D eigenvalue weighted by Crippen LogP contribution is -2.16. The number of nitrogens with two attached hydrogens (primary N) is 1. The Hall–Kier alpha value is -0.900. The molecular formula is C10H18N4. The minimum absolute atomic E-state index is 0.0503. The first-order valence-corrected chi connectivity index (χ1v) is 5.50. The molecule has 78 valence electrons. The van der Waals surface area contributed by atoms with E-state index in [0.717, 1.165) is 31.0 Å². The van der Waals surface area contributed by atoms with Crippen LogP contribution in [-0.2, 0) is 13.0 Å². The molecule has 1 aromatic rings. The lowest BCUT2D eigenvalue weighted by atomic mass is 10.2. The van der Waals surface area contributed by atoms with Crippen LogP contribution in [0.3, 0.4) is 0 Å². The standard InChI is InChI=1S/C10H18N4/c1-2-8(11)10-13-12-9-6-4-3-5-7-14(9)10/h8H,2-7,11H2,1H3/t8-/m0/s1. The largest absolute Gasteiger partial charge is 0.321 e. The van der Waals surface area contributed by atoms with Gasteiger partial charge in [-0.25, -0.2) is 0 Å². The highest BCUT2D eigenvalue weighted by molar-refractivity contribution is 5.01. The molecule has 0 saturated heterocycles. The van der Waals surface area contributed by atoms with Gasteiger partial charge in [0.1, 0.15) is 11.6 Å². The van der Waals surface area contributed by atoms with Gasteiger partial charge in [0.15, 0.2) is 0 Å². The van der Waals surface area contributed by atoms with Gasteiger partial charge in [0.05, 0.1) is 6.04 Å². The number of hydrogen-bond donors (Lipinski definition) is 1. The van der Waals surface area contributed by atoms with Crippen molar-refractivity contribution in [3.8, 4) is 0 Å². The van der Waals surface area contributed by atoms with Crippen LogP contribution >= 0.6 is 0 Å². The Labute approximate surface area is 84.5 Å². The average molecular weight is 194 g/mol. The smallest absolute Gasteiger partial charge is 0.149 e. The van der Waals surface area contributed by atoms with E-state index in [2.05, 4.69) is 21.7 Å². The number of aryl methyl sites for hydroxylation is 1. The van der Waals surface area contributed by atoms with Crippen molar-refractivity contribution in [2.45, 2.75) is 51.6 Å². The van der Waals surface area contributed by atoms with E-state index in [-0.39, 0.29) is 6.04 Å². The number of aromatic nitrogens is 3. The second-order valence-corrected chi connectivity index (χ2v) is 3.95. The number of fused-ring (bicyclic) bond motifs is 1. The zero-order valence-corrected chi connectivity index (χ0v) is 8.74. The molecule has 1 atom stereocenters. The molecule has 0 fully saturated rings. The predicted octanol–water partition coefficient (Wildman–Crippen LogP) is 1.41. The molecule has 2 N–H and O–H groups in total. The Morgan fingerprint density at radius 3 is 3.00 bits per heavy atom. The first kappa shape index (κ1) is 9.65. The normalized spacial score (nSPS) is 18.7. The van der Waals surface area contributed by atoms with Gasteiger partial charge in [0.2, 0.25) is 0 Å². The average Bonchev–Trinajstić information content (AvgIpc) is 2.46. The molecule has 0 aliphatic carbocycles. The molecule has 0 bridgehead atoms. The number of hydrogen-bond acceptors (Lipinski definition) is 3. The van der Waals surface area contributed by atoms with Gasteiger partial charge in [-0.3, -0.25) is 0 Å². The zero-order chi connectivity index (χ0) is 9.97. The van der Waals surface area contributed by atoms with Crippen molar-refractivity contribution >= 4 is 0 Å². The van der Waals surface area contributed by atoms with E-state index in [1.807, 2.05) is 0 Å². The Bertz CT molecular complexity index is 305. The highest BCUT2D eigenvalue weighted by atomic mass is 15.3. The Balaban J connectivity index is 2.29. The Kier molecular flexibility index (Phi) is 2.82. The molecule has 0 unspecified atom stereocenters. The fraction of sp³-hybridized carbons (Fsp3) is 0.800. The Morgan fingerprint density at radius 1 is 1.36 bits per heavy atom. The third kappa shape index (κ3) is 1.66. The summed E-state index contributed by atoms with van der Waals surface area (Å²) in [7, 11) is 0. The van der Waals surface area contributed by atoms with Crippen LogP contribution in [0.2, 0.25) is 0 Å². The summed E-state index contributed by atoms with van der Waals surface area (Å²) in [6, 6.07) is 0.0503. The minimum Gasteiger partial charge on any atom is -0.321 e. The van der Waals surface area contributed by atoms with Crippen LogP contribution in [0.5, 0.6) is 0 Å². The molecule has 0 amide bonds. The maximum atomic E-state index is 5.99. The molecule has 1 aliphatic rings. The third-order valence-corrected chi connectivity index (χ3v) is 2.91. The summed E-state index contributed by atoms with van der Waals surface area (Å²) in [6.07, 6.45) is 5.75. The summed E-state index contributed by atoms with van der Waals surface area (Å²) < 4.78 is 2.22. The molecule has 14 heavy (non-hydrogen) atoms. The quantitative estimate of drug-likeness (QED) is 0.774. The van der Waals surface area contributed by atoms with Gasteiger partial charge in [0.25, 0.3) is 0 Å². The zero-order valence-electron chi connectivity index (χ0n) is 8.74. The highest BCUT2D eigenvalue weighted by Crippen LogP contribution is 2.18. The second kappa shape index (κ2) is 4.09. The van der Waals surface area contributed by atoms with Crippen LogP contribution in [0.15, 0.2) is 0 Å². The molecule has 0 spiro atoms. The van der Waals surface area contributed by atoms with Crippen LogP contribution in [0.4, 0.5) is 0 Å². The van der Waals surface area contributed by atoms with Crippen LogP contribution in [0.1, 0.15) is 50.3 Å². The van der Waals surface area contributed by atoms with E-state index in [1.165, 1.54) is 19.3 Å². The fourth-order valence-electron chi connectivity index (χ4n) is 1.96. The van der Waals surface area contributed by atoms with Crippen molar-refractivity contribution in [1.29, 1.82) is 0 Å². The molecule has 2 rings (SSSR count). The summed E-state index contributed by atoms with van der Waals surface area (Å²) in [5, 5.41) is 8.42. The van der Waals surface area contributed by atoms with Gasteiger partial charge in [-0.15, -0.1) is 10.2 Å². The van der Waals surface area contributed by atoms with Crippen molar-refractivity contribution in [2.24, 2.45) is 5.73 Å². The van der Waals surface area contributed by atoms with Gasteiger partial charge in [-0.2, -0.15) is 0 Å². The third-order valence-electron chi connectivity index (χ3n) is 2.91. The lowest BCUT2D eigenvalue weighted by Gasteiger charge is -2.11. The molecular weight excluding hydrogens is 176 g/mol. The van der Waals surface area contributed by atoms with Gasteiger partial charge in [-0.05, 0) is 19.3 Å². The van der Waals surface area contributed by atoms with Gasteiger partial charge >= 0.3 is 0 Å². The first-order chi connectivity index (χ1) is 6.83. The van der Waals surface area contributed by atoms with E-state index in [0.29, 0.717) is 0 Å². The van der Waals surface area contributed by atoms with Crippen LogP contribution in [0.25, 0.3) is 0 Å². The number of nitrogens with zero attached hydrogens (tertiary/aromatic N) is 3. The summed E-state index contributed by atoms with van der Waals surface area (Å²) in [4.78, 5) is 0. The van der Waals surface area contributed by atoms with Crippen molar-refractivity contribution in [3.63, 3.8) is 0 Å². The van der Waals surface area contributed by atoms with E-state index in [1.54, 1.807) is 0 Å². The molecule has 0 aromatic carbocycles. The lowest BCUT2D eigenvalue weighted by molar-refractivity contribution is 0.553. The number of rotatable bonds is 2. The van der Waals surface area contributed by atoms with E-state index < -0.39 is 0 Å². The van der Waals surface area contributed by atoms with Gasteiger partial charge in [-0.1, -0.05) is 13.3 Å². The highest BCUT2D eigenvalue weighted by Gasteiger charge is 2.17. The molecule has 2 heterocycles. The van der Waals surface area contributed by atoms with Crippen molar-refractivity contribution < 1.29 is 0 Å². The van der Waals surface area contributed by atoms with Crippen LogP contribution in [0, 0.1) is 0 Å². The predicted molar refractivity (Wildman–Crippen MR) is 54.8 cm³/mol. The maximum Gasteiger partial charge on any atom is 0.149 e. The van der Waals surface area contributed by atoms with Crippen molar-refractivity contribution in [1.82, 2.24) is 14.8 Å². The molecule has 0 saturated carbocycles.